The minimum atomic E-state index is -3.72. The Bertz CT molecular complexity index is 1000. The van der Waals surface area contributed by atoms with Crippen molar-refractivity contribution in [2.24, 2.45) is 5.41 Å². The maximum Gasteiger partial charge on any atom is 0.240 e. The van der Waals surface area contributed by atoms with Gasteiger partial charge in [-0.25, -0.2) is 13.1 Å². The fraction of sp³-hybridized carbons (Fsp3) is 0.333. The van der Waals surface area contributed by atoms with Gasteiger partial charge < -0.3 is 10.1 Å². The average Bonchev–Trinajstić information content (AvgIpc) is 2.73. The Morgan fingerprint density at radius 3 is 2.14 bits per heavy atom. The Morgan fingerprint density at radius 2 is 1.62 bits per heavy atom. The van der Waals surface area contributed by atoms with Gasteiger partial charge in [0.05, 0.1) is 16.4 Å². The van der Waals surface area contributed by atoms with Crippen LogP contribution in [0.3, 0.4) is 0 Å². The molecule has 0 radical (unpaired) electrons. The number of nitrogens with zero attached hydrogens (tertiary/aromatic N) is 1. The van der Waals surface area contributed by atoms with Gasteiger partial charge in [-0.15, -0.1) is 0 Å². The Hall–Kier alpha value is -2.73. The lowest BCUT2D eigenvalue weighted by Crippen LogP contribution is -2.40. The van der Waals surface area contributed by atoms with Crippen LogP contribution in [0.4, 0.5) is 5.69 Å². The molecule has 152 valence electrons. The third kappa shape index (κ3) is 5.21. The summed E-state index contributed by atoms with van der Waals surface area (Å²) in [5.74, 6) is -0.140. The molecule has 1 saturated heterocycles. The van der Waals surface area contributed by atoms with Gasteiger partial charge in [0.15, 0.2) is 0 Å². The Kier molecular flexibility index (Phi) is 6.33. The highest BCUT2D eigenvalue weighted by Gasteiger charge is 2.34. The highest BCUT2D eigenvalue weighted by Crippen LogP contribution is 2.29. The number of hydrogen-bond donors (Lipinski definition) is 2. The van der Waals surface area contributed by atoms with Crippen molar-refractivity contribution >= 4 is 21.6 Å². The zero-order valence-electron chi connectivity index (χ0n) is 16.1. The molecule has 0 atom stereocenters. The van der Waals surface area contributed by atoms with E-state index in [9.17, 15) is 18.5 Å². The number of carbonyl (C=O) groups excluding carboxylic acids is 1. The number of benzene rings is 2. The largest absolute Gasteiger partial charge is 0.381 e. The van der Waals surface area contributed by atoms with E-state index in [2.05, 4.69) is 16.1 Å². The van der Waals surface area contributed by atoms with Crippen LogP contribution in [0.2, 0.25) is 0 Å². The van der Waals surface area contributed by atoms with Gasteiger partial charge in [-0.05, 0) is 48.2 Å². The van der Waals surface area contributed by atoms with Crippen LogP contribution >= 0.6 is 0 Å². The molecule has 1 heterocycles. The summed E-state index contributed by atoms with van der Waals surface area (Å²) in [6.07, 6.45) is 1.03. The molecule has 3 rings (SSSR count). The van der Waals surface area contributed by atoms with Crippen LogP contribution in [-0.4, -0.2) is 34.1 Å². The molecule has 2 aromatic rings. The third-order valence-electron chi connectivity index (χ3n) is 4.99. The number of amides is 1. The molecule has 2 aromatic carbocycles. The minimum absolute atomic E-state index is 0.0710. The van der Waals surface area contributed by atoms with Gasteiger partial charge in [0.2, 0.25) is 15.9 Å². The zero-order chi connectivity index (χ0) is 20.9. The van der Waals surface area contributed by atoms with Gasteiger partial charge in [-0.2, -0.15) is 5.26 Å². The normalized spacial score (nSPS) is 16.0. The van der Waals surface area contributed by atoms with Crippen molar-refractivity contribution in [3.8, 4) is 17.2 Å². The van der Waals surface area contributed by atoms with Gasteiger partial charge in [0.1, 0.15) is 0 Å². The van der Waals surface area contributed by atoms with E-state index in [1.165, 1.54) is 6.92 Å². The van der Waals surface area contributed by atoms with E-state index in [0.29, 0.717) is 31.7 Å². The molecule has 1 fully saturated rings. The van der Waals surface area contributed by atoms with Crippen molar-refractivity contribution < 1.29 is 17.9 Å². The van der Waals surface area contributed by atoms with Crippen molar-refractivity contribution in [3.05, 3.63) is 48.5 Å². The smallest absolute Gasteiger partial charge is 0.240 e. The fourth-order valence-electron chi connectivity index (χ4n) is 3.18. The molecule has 1 aliphatic rings. The van der Waals surface area contributed by atoms with Crippen molar-refractivity contribution in [1.82, 2.24) is 4.72 Å². The van der Waals surface area contributed by atoms with Crippen LogP contribution in [-0.2, 0) is 19.6 Å². The number of rotatable bonds is 6. The average molecular weight is 413 g/mol. The molecule has 1 aliphatic heterocycles. The van der Waals surface area contributed by atoms with E-state index in [4.69, 9.17) is 4.74 Å². The van der Waals surface area contributed by atoms with Crippen LogP contribution in [0, 0.1) is 16.7 Å². The van der Waals surface area contributed by atoms with E-state index in [1.54, 1.807) is 36.4 Å². The Labute approximate surface area is 170 Å². The molecule has 0 aliphatic carbocycles. The van der Waals surface area contributed by atoms with Crippen molar-refractivity contribution in [2.75, 3.05) is 25.1 Å². The van der Waals surface area contributed by atoms with Crippen LogP contribution in [0.5, 0.6) is 0 Å². The Morgan fingerprint density at radius 1 is 1.07 bits per heavy atom. The molecular formula is C21H23N3O4S. The molecule has 0 aromatic heterocycles. The number of ether oxygens (including phenoxy) is 1. The molecule has 8 heteroatoms. The van der Waals surface area contributed by atoms with Gasteiger partial charge in [-0.1, -0.05) is 24.3 Å². The summed E-state index contributed by atoms with van der Waals surface area (Å²) < 4.78 is 33.1. The van der Waals surface area contributed by atoms with E-state index >= 15 is 0 Å². The summed E-state index contributed by atoms with van der Waals surface area (Å²) in [7, 11) is -3.72. The summed E-state index contributed by atoms with van der Waals surface area (Å²) in [6.45, 7) is 2.44. The summed E-state index contributed by atoms with van der Waals surface area (Å²) in [6, 6.07) is 16.1. The molecule has 0 unspecified atom stereocenters. The first-order valence-corrected chi connectivity index (χ1v) is 10.8. The van der Waals surface area contributed by atoms with Gasteiger partial charge in [0.25, 0.3) is 0 Å². The highest BCUT2D eigenvalue weighted by molar-refractivity contribution is 7.89. The maximum absolute atomic E-state index is 12.6. The molecule has 2 N–H and O–H groups in total. The number of anilines is 1. The van der Waals surface area contributed by atoms with Gasteiger partial charge in [-0.3, -0.25) is 4.79 Å². The van der Waals surface area contributed by atoms with Crippen LogP contribution in [0.25, 0.3) is 11.1 Å². The molecular weight excluding hydrogens is 390 g/mol. The lowest BCUT2D eigenvalue weighted by Gasteiger charge is -2.30. The van der Waals surface area contributed by atoms with E-state index in [-0.39, 0.29) is 17.3 Å². The molecule has 0 bridgehead atoms. The number of carbonyl (C=O) groups is 1. The van der Waals surface area contributed by atoms with E-state index in [0.717, 1.165) is 11.1 Å². The van der Waals surface area contributed by atoms with Crippen molar-refractivity contribution in [2.45, 2.75) is 24.7 Å². The number of nitriles is 1. The summed E-state index contributed by atoms with van der Waals surface area (Å²) in [5.41, 5.74) is 1.74. The van der Waals surface area contributed by atoms with Gasteiger partial charge >= 0.3 is 0 Å². The van der Waals surface area contributed by atoms with Crippen molar-refractivity contribution in [1.29, 1.82) is 5.26 Å². The number of nitrogens with one attached hydrogen (secondary N) is 2. The number of hydrogen-bond acceptors (Lipinski definition) is 5. The van der Waals surface area contributed by atoms with Crippen LogP contribution < -0.4 is 10.0 Å². The first-order valence-electron chi connectivity index (χ1n) is 9.30. The Balaban J connectivity index is 1.70. The molecule has 1 amide bonds. The first kappa shape index (κ1) is 21.0. The predicted octanol–water partition coefficient (Wildman–Crippen LogP) is 2.91. The van der Waals surface area contributed by atoms with Crippen LogP contribution in [0.1, 0.15) is 19.8 Å². The molecule has 29 heavy (non-hydrogen) atoms. The SMILES string of the molecule is CC(=O)Nc1ccc(-c2ccc(S(=O)(=O)NCC3(C#N)CCOCC3)cc2)cc1. The van der Waals surface area contributed by atoms with E-state index in [1.807, 2.05) is 12.1 Å². The zero-order valence-corrected chi connectivity index (χ0v) is 17.0. The molecule has 7 nitrogen and oxygen atoms in total. The number of sulfonamides is 1. The quantitative estimate of drug-likeness (QED) is 0.757. The van der Waals surface area contributed by atoms with Gasteiger partial charge in [0, 0.05) is 32.4 Å². The van der Waals surface area contributed by atoms with Crippen molar-refractivity contribution in [3.63, 3.8) is 0 Å². The summed E-state index contributed by atoms with van der Waals surface area (Å²) in [5, 5.41) is 12.2. The summed E-state index contributed by atoms with van der Waals surface area (Å²) >= 11 is 0. The lowest BCUT2D eigenvalue weighted by atomic mass is 9.82. The van der Waals surface area contributed by atoms with E-state index < -0.39 is 15.4 Å². The molecule has 0 saturated carbocycles. The second-order valence-corrected chi connectivity index (χ2v) is 8.88. The van der Waals surface area contributed by atoms with Crippen LogP contribution in [0.15, 0.2) is 53.4 Å². The topological polar surface area (TPSA) is 108 Å². The summed E-state index contributed by atoms with van der Waals surface area (Å²) in [4.78, 5) is 11.2. The fourth-order valence-corrected chi connectivity index (χ4v) is 4.31. The first-order chi connectivity index (χ1) is 13.8. The second-order valence-electron chi connectivity index (χ2n) is 7.11. The predicted molar refractivity (Wildman–Crippen MR) is 109 cm³/mol. The lowest BCUT2D eigenvalue weighted by molar-refractivity contribution is -0.114. The standard InChI is InChI=1S/C21H23N3O4S/c1-16(25)24-19-6-2-17(3-7-19)18-4-8-20(9-5-18)29(26,27)23-15-21(14-22)10-12-28-13-11-21/h2-9,23H,10-13,15H2,1H3,(H,24,25). The highest BCUT2D eigenvalue weighted by atomic mass is 32.2. The third-order valence-corrected chi connectivity index (χ3v) is 6.41. The monoisotopic (exact) mass is 413 g/mol. The second kappa shape index (κ2) is 8.74. The maximum atomic E-state index is 12.6. The minimum Gasteiger partial charge on any atom is -0.381 e. The molecule has 0 spiro atoms.